The van der Waals surface area contributed by atoms with Gasteiger partial charge in [-0.3, -0.25) is 4.79 Å². The average Bonchev–Trinajstić information content (AvgIpc) is 2.38. The van der Waals surface area contributed by atoms with Crippen molar-refractivity contribution in [3.63, 3.8) is 0 Å². The van der Waals surface area contributed by atoms with E-state index >= 15 is 0 Å². The zero-order valence-electron chi connectivity index (χ0n) is 10.4. The van der Waals surface area contributed by atoms with E-state index in [1.165, 1.54) is 0 Å². The summed E-state index contributed by atoms with van der Waals surface area (Å²) < 4.78 is 0. The molecule has 1 amide bonds. The van der Waals surface area contributed by atoms with Gasteiger partial charge >= 0.3 is 0 Å². The lowest BCUT2D eigenvalue weighted by atomic mass is 9.99. The van der Waals surface area contributed by atoms with E-state index in [0.717, 1.165) is 11.1 Å². The molecule has 0 saturated carbocycles. The summed E-state index contributed by atoms with van der Waals surface area (Å²) in [6.45, 7) is 0. The number of carbonyl (C=O) groups excluding carboxylic acids is 1. The standard InChI is InChI=1S/C15H14ClNO/c1-17(2)15(18)14-9-4-3-8-13(14)11-6-5-7-12(16)10-11/h3-10H,1-2H3. The highest BCUT2D eigenvalue weighted by atomic mass is 35.5. The monoisotopic (exact) mass is 259 g/mol. The van der Waals surface area contributed by atoms with Crippen LogP contribution in [0, 0.1) is 0 Å². The first-order chi connectivity index (χ1) is 8.59. The predicted octanol–water partition coefficient (Wildman–Crippen LogP) is 3.71. The average molecular weight is 260 g/mol. The Balaban J connectivity index is 2.55. The van der Waals surface area contributed by atoms with Crippen LogP contribution in [0.5, 0.6) is 0 Å². The molecule has 0 heterocycles. The Morgan fingerprint density at radius 2 is 1.78 bits per heavy atom. The van der Waals surface area contributed by atoms with E-state index in [9.17, 15) is 4.79 Å². The molecule has 2 nitrogen and oxygen atoms in total. The first kappa shape index (κ1) is 12.7. The van der Waals surface area contributed by atoms with Crippen LogP contribution >= 0.6 is 11.6 Å². The van der Waals surface area contributed by atoms with Crippen LogP contribution in [0.2, 0.25) is 5.02 Å². The van der Waals surface area contributed by atoms with Crippen LogP contribution in [0.15, 0.2) is 48.5 Å². The number of carbonyl (C=O) groups is 1. The van der Waals surface area contributed by atoms with Gasteiger partial charge in [0.25, 0.3) is 5.91 Å². The first-order valence-corrected chi connectivity index (χ1v) is 6.04. The molecule has 0 aromatic heterocycles. The zero-order valence-corrected chi connectivity index (χ0v) is 11.1. The SMILES string of the molecule is CN(C)C(=O)c1ccccc1-c1cccc(Cl)c1. The Kier molecular flexibility index (Phi) is 3.68. The quantitative estimate of drug-likeness (QED) is 0.805. The smallest absolute Gasteiger partial charge is 0.253 e. The molecular weight excluding hydrogens is 246 g/mol. The maximum absolute atomic E-state index is 12.1. The highest BCUT2D eigenvalue weighted by molar-refractivity contribution is 6.30. The van der Waals surface area contributed by atoms with Crippen LogP contribution in [0.4, 0.5) is 0 Å². The minimum atomic E-state index is -0.00873. The van der Waals surface area contributed by atoms with Gasteiger partial charge in [0, 0.05) is 24.7 Å². The Morgan fingerprint density at radius 1 is 1.06 bits per heavy atom. The van der Waals surface area contributed by atoms with Crippen molar-refractivity contribution in [2.75, 3.05) is 14.1 Å². The first-order valence-electron chi connectivity index (χ1n) is 5.66. The Hall–Kier alpha value is -1.80. The second-order valence-electron chi connectivity index (χ2n) is 4.26. The molecular formula is C15H14ClNO. The third-order valence-electron chi connectivity index (χ3n) is 2.70. The van der Waals surface area contributed by atoms with Crippen LogP contribution in [0.3, 0.4) is 0 Å². The molecule has 0 spiro atoms. The molecule has 0 bridgehead atoms. The van der Waals surface area contributed by atoms with Gasteiger partial charge in [0.15, 0.2) is 0 Å². The number of hydrogen-bond acceptors (Lipinski definition) is 1. The fourth-order valence-corrected chi connectivity index (χ4v) is 2.01. The molecule has 0 aliphatic carbocycles. The molecule has 0 unspecified atom stereocenters. The van der Waals surface area contributed by atoms with Gasteiger partial charge in [0.2, 0.25) is 0 Å². The lowest BCUT2D eigenvalue weighted by Crippen LogP contribution is -2.22. The van der Waals surface area contributed by atoms with Crippen LogP contribution in [-0.2, 0) is 0 Å². The van der Waals surface area contributed by atoms with Crippen molar-refractivity contribution in [3.8, 4) is 11.1 Å². The van der Waals surface area contributed by atoms with E-state index in [0.29, 0.717) is 10.6 Å². The van der Waals surface area contributed by atoms with Gasteiger partial charge in [-0.05, 0) is 29.3 Å². The number of hydrogen-bond donors (Lipinski definition) is 0. The summed E-state index contributed by atoms with van der Waals surface area (Å²) in [5.74, 6) is -0.00873. The summed E-state index contributed by atoms with van der Waals surface area (Å²) in [5.41, 5.74) is 2.54. The van der Waals surface area contributed by atoms with E-state index in [1.807, 2.05) is 48.5 Å². The third kappa shape index (κ3) is 2.54. The van der Waals surface area contributed by atoms with Gasteiger partial charge in [0.1, 0.15) is 0 Å². The second kappa shape index (κ2) is 5.23. The van der Waals surface area contributed by atoms with Crippen molar-refractivity contribution < 1.29 is 4.79 Å². The predicted molar refractivity (Wildman–Crippen MR) is 74.9 cm³/mol. The molecule has 0 radical (unpaired) electrons. The van der Waals surface area contributed by atoms with Crippen molar-refractivity contribution in [1.82, 2.24) is 4.90 Å². The van der Waals surface area contributed by atoms with Crippen LogP contribution in [-0.4, -0.2) is 24.9 Å². The van der Waals surface area contributed by atoms with E-state index in [2.05, 4.69) is 0 Å². The fourth-order valence-electron chi connectivity index (χ4n) is 1.82. The summed E-state index contributed by atoms with van der Waals surface area (Å²) in [4.78, 5) is 13.7. The number of halogens is 1. The molecule has 0 saturated heterocycles. The topological polar surface area (TPSA) is 20.3 Å². The van der Waals surface area contributed by atoms with Crippen LogP contribution < -0.4 is 0 Å². The number of nitrogens with zero attached hydrogens (tertiary/aromatic N) is 1. The van der Waals surface area contributed by atoms with Crippen LogP contribution in [0.25, 0.3) is 11.1 Å². The Bertz CT molecular complexity index is 578. The number of rotatable bonds is 2. The molecule has 3 heteroatoms. The second-order valence-corrected chi connectivity index (χ2v) is 4.69. The Labute approximate surface area is 112 Å². The zero-order chi connectivity index (χ0) is 13.1. The van der Waals surface area contributed by atoms with Gasteiger partial charge < -0.3 is 4.90 Å². The molecule has 18 heavy (non-hydrogen) atoms. The minimum Gasteiger partial charge on any atom is -0.345 e. The van der Waals surface area contributed by atoms with E-state index < -0.39 is 0 Å². The molecule has 0 aliphatic heterocycles. The van der Waals surface area contributed by atoms with Gasteiger partial charge in [-0.25, -0.2) is 0 Å². The molecule has 0 aliphatic rings. The Morgan fingerprint density at radius 3 is 2.44 bits per heavy atom. The maximum Gasteiger partial charge on any atom is 0.253 e. The van der Waals surface area contributed by atoms with Gasteiger partial charge in [-0.1, -0.05) is 41.9 Å². The van der Waals surface area contributed by atoms with E-state index in [4.69, 9.17) is 11.6 Å². The largest absolute Gasteiger partial charge is 0.345 e. The summed E-state index contributed by atoms with van der Waals surface area (Å²) >= 11 is 5.99. The van der Waals surface area contributed by atoms with Crippen molar-refractivity contribution in [3.05, 3.63) is 59.1 Å². The van der Waals surface area contributed by atoms with Gasteiger partial charge in [-0.15, -0.1) is 0 Å². The highest BCUT2D eigenvalue weighted by Gasteiger charge is 2.13. The van der Waals surface area contributed by atoms with Crippen molar-refractivity contribution >= 4 is 17.5 Å². The maximum atomic E-state index is 12.1. The lowest BCUT2D eigenvalue weighted by Gasteiger charge is -2.14. The highest BCUT2D eigenvalue weighted by Crippen LogP contribution is 2.26. The molecule has 0 atom stereocenters. The normalized spacial score (nSPS) is 10.2. The minimum absolute atomic E-state index is 0.00873. The molecule has 0 N–H and O–H groups in total. The summed E-state index contributed by atoms with van der Waals surface area (Å²) in [6, 6.07) is 15.1. The lowest BCUT2D eigenvalue weighted by molar-refractivity contribution is 0.0828. The summed E-state index contributed by atoms with van der Waals surface area (Å²) in [5, 5.41) is 0.666. The number of benzene rings is 2. The van der Waals surface area contributed by atoms with Gasteiger partial charge in [0.05, 0.1) is 0 Å². The summed E-state index contributed by atoms with van der Waals surface area (Å²) in [6.07, 6.45) is 0. The molecule has 2 aromatic rings. The molecule has 0 fully saturated rings. The van der Waals surface area contributed by atoms with Crippen LogP contribution in [0.1, 0.15) is 10.4 Å². The van der Waals surface area contributed by atoms with E-state index in [1.54, 1.807) is 19.0 Å². The van der Waals surface area contributed by atoms with Gasteiger partial charge in [-0.2, -0.15) is 0 Å². The van der Waals surface area contributed by atoms with Crippen molar-refractivity contribution in [2.24, 2.45) is 0 Å². The molecule has 2 aromatic carbocycles. The van der Waals surface area contributed by atoms with E-state index in [-0.39, 0.29) is 5.91 Å². The molecule has 92 valence electrons. The number of amides is 1. The third-order valence-corrected chi connectivity index (χ3v) is 2.93. The fraction of sp³-hybridized carbons (Fsp3) is 0.133. The van der Waals surface area contributed by atoms with Crippen molar-refractivity contribution in [2.45, 2.75) is 0 Å². The summed E-state index contributed by atoms with van der Waals surface area (Å²) in [7, 11) is 3.49. The molecule has 2 rings (SSSR count). The van der Waals surface area contributed by atoms with Crippen molar-refractivity contribution in [1.29, 1.82) is 0 Å².